The minimum absolute atomic E-state index is 0.114. The lowest BCUT2D eigenvalue weighted by Gasteiger charge is -2.08. The second-order valence-corrected chi connectivity index (χ2v) is 5.95. The average Bonchev–Trinajstić information content (AvgIpc) is 2.77. The molecule has 3 aromatic rings. The van der Waals surface area contributed by atoms with E-state index in [1.54, 1.807) is 44.7 Å². The van der Waals surface area contributed by atoms with E-state index >= 15 is 0 Å². The summed E-state index contributed by atoms with van der Waals surface area (Å²) in [6.07, 6.45) is 5.04. The number of pyridine rings is 1. The summed E-state index contributed by atoms with van der Waals surface area (Å²) in [5, 5.41) is 0. The number of nitrogens with zero attached hydrogens (tertiary/aromatic N) is 1. The molecule has 0 atom stereocenters. The molecule has 0 aliphatic carbocycles. The van der Waals surface area contributed by atoms with Crippen molar-refractivity contribution >= 4 is 11.9 Å². The predicted octanol–water partition coefficient (Wildman–Crippen LogP) is 4.57. The second kappa shape index (κ2) is 9.37. The smallest absolute Gasteiger partial charge is 0.185 e. The number of ether oxygens (including phenoxy) is 3. The Bertz CT molecular complexity index is 950. The fraction of sp³-hybridized carbons (Fsp3) is 0.130. The van der Waals surface area contributed by atoms with Gasteiger partial charge in [-0.25, -0.2) is 0 Å². The summed E-state index contributed by atoms with van der Waals surface area (Å²) in [7, 11) is 3.10. The largest absolute Gasteiger partial charge is 0.493 e. The van der Waals surface area contributed by atoms with Crippen molar-refractivity contribution in [2.75, 3.05) is 14.2 Å². The fourth-order valence-electron chi connectivity index (χ4n) is 2.57. The highest BCUT2D eigenvalue weighted by atomic mass is 16.5. The molecule has 28 heavy (non-hydrogen) atoms. The van der Waals surface area contributed by atoms with Crippen LogP contribution in [0.5, 0.6) is 17.2 Å². The molecule has 0 amide bonds. The van der Waals surface area contributed by atoms with Crippen LogP contribution in [0.25, 0.3) is 6.08 Å². The van der Waals surface area contributed by atoms with Crippen molar-refractivity contribution < 1.29 is 19.0 Å². The summed E-state index contributed by atoms with van der Waals surface area (Å²) in [6, 6.07) is 18.3. The van der Waals surface area contributed by atoms with Crippen LogP contribution < -0.4 is 14.2 Å². The number of benzene rings is 2. The first kappa shape index (κ1) is 19.2. The Morgan fingerprint density at radius 1 is 0.964 bits per heavy atom. The van der Waals surface area contributed by atoms with E-state index in [1.807, 2.05) is 42.5 Å². The van der Waals surface area contributed by atoms with Gasteiger partial charge in [-0.1, -0.05) is 24.3 Å². The first-order valence-electron chi connectivity index (χ1n) is 8.77. The van der Waals surface area contributed by atoms with Gasteiger partial charge in [-0.3, -0.25) is 9.78 Å². The fourth-order valence-corrected chi connectivity index (χ4v) is 2.57. The number of allylic oxidation sites excluding steroid dienone is 1. The number of hydrogen-bond donors (Lipinski definition) is 0. The quantitative estimate of drug-likeness (QED) is 0.426. The Labute approximate surface area is 164 Å². The van der Waals surface area contributed by atoms with Crippen molar-refractivity contribution in [3.63, 3.8) is 0 Å². The molecule has 3 rings (SSSR count). The van der Waals surface area contributed by atoms with Gasteiger partial charge in [0.1, 0.15) is 12.4 Å². The minimum Gasteiger partial charge on any atom is -0.493 e. The normalized spacial score (nSPS) is 10.6. The Kier molecular flexibility index (Phi) is 6.41. The van der Waals surface area contributed by atoms with E-state index in [0.717, 1.165) is 17.0 Å². The molecule has 5 heteroatoms. The van der Waals surface area contributed by atoms with Crippen molar-refractivity contribution in [2.24, 2.45) is 0 Å². The van der Waals surface area contributed by atoms with Crippen molar-refractivity contribution in [2.45, 2.75) is 6.61 Å². The maximum atomic E-state index is 12.4. The Hall–Kier alpha value is -3.60. The van der Waals surface area contributed by atoms with E-state index < -0.39 is 0 Å². The van der Waals surface area contributed by atoms with Crippen LogP contribution in [0.4, 0.5) is 0 Å². The molecule has 0 aliphatic rings. The molecule has 0 N–H and O–H groups in total. The molecule has 5 nitrogen and oxygen atoms in total. The van der Waals surface area contributed by atoms with Crippen LogP contribution in [-0.2, 0) is 6.61 Å². The summed E-state index contributed by atoms with van der Waals surface area (Å²) < 4.78 is 16.1. The van der Waals surface area contributed by atoms with Gasteiger partial charge in [0.15, 0.2) is 17.3 Å². The zero-order chi connectivity index (χ0) is 19.8. The molecule has 0 unspecified atom stereocenters. The van der Waals surface area contributed by atoms with Crippen LogP contribution in [0.1, 0.15) is 21.6 Å². The van der Waals surface area contributed by atoms with Crippen LogP contribution in [0, 0.1) is 0 Å². The molecule has 0 spiro atoms. The number of methoxy groups -OCH3 is 2. The molecular formula is C23H21NO4. The molecular weight excluding hydrogens is 354 g/mol. The molecule has 2 aromatic carbocycles. The van der Waals surface area contributed by atoms with Gasteiger partial charge in [0.25, 0.3) is 0 Å². The van der Waals surface area contributed by atoms with Crippen LogP contribution in [0.3, 0.4) is 0 Å². The van der Waals surface area contributed by atoms with E-state index in [1.165, 1.54) is 6.08 Å². The molecule has 0 fully saturated rings. The van der Waals surface area contributed by atoms with Crippen LogP contribution >= 0.6 is 0 Å². The summed E-state index contributed by atoms with van der Waals surface area (Å²) in [5.41, 5.74) is 2.30. The summed E-state index contributed by atoms with van der Waals surface area (Å²) in [4.78, 5) is 16.6. The van der Waals surface area contributed by atoms with Gasteiger partial charge in [-0.05, 0) is 54.1 Å². The highest BCUT2D eigenvalue weighted by Crippen LogP contribution is 2.27. The number of hydrogen-bond acceptors (Lipinski definition) is 5. The van der Waals surface area contributed by atoms with E-state index in [4.69, 9.17) is 14.2 Å². The second-order valence-electron chi connectivity index (χ2n) is 5.95. The number of carbonyl (C=O) groups excluding carboxylic acids is 1. The Morgan fingerprint density at radius 3 is 2.43 bits per heavy atom. The summed E-state index contributed by atoms with van der Waals surface area (Å²) in [6.45, 7) is 0.411. The Morgan fingerprint density at radius 2 is 1.75 bits per heavy atom. The van der Waals surface area contributed by atoms with Crippen molar-refractivity contribution in [3.05, 3.63) is 89.8 Å². The van der Waals surface area contributed by atoms with Crippen molar-refractivity contribution in [1.82, 2.24) is 4.98 Å². The maximum Gasteiger partial charge on any atom is 0.185 e. The Balaban J connectivity index is 1.61. The van der Waals surface area contributed by atoms with Crippen LogP contribution in [0.2, 0.25) is 0 Å². The summed E-state index contributed by atoms with van der Waals surface area (Å²) >= 11 is 0. The minimum atomic E-state index is -0.114. The van der Waals surface area contributed by atoms with E-state index in [9.17, 15) is 4.79 Å². The topological polar surface area (TPSA) is 57.7 Å². The average molecular weight is 375 g/mol. The lowest BCUT2D eigenvalue weighted by Crippen LogP contribution is -1.98. The predicted molar refractivity (Wildman–Crippen MR) is 108 cm³/mol. The molecule has 0 aliphatic heterocycles. The van der Waals surface area contributed by atoms with Crippen LogP contribution in [0.15, 0.2) is 72.9 Å². The molecule has 142 valence electrons. The highest BCUT2D eigenvalue weighted by molar-refractivity contribution is 6.07. The van der Waals surface area contributed by atoms with E-state index in [2.05, 4.69) is 4.98 Å². The van der Waals surface area contributed by atoms with Crippen molar-refractivity contribution in [3.8, 4) is 17.2 Å². The highest BCUT2D eigenvalue weighted by Gasteiger charge is 2.08. The lowest BCUT2D eigenvalue weighted by molar-refractivity contribution is 0.104. The number of rotatable bonds is 8. The molecule has 0 bridgehead atoms. The first-order valence-corrected chi connectivity index (χ1v) is 8.77. The van der Waals surface area contributed by atoms with Gasteiger partial charge in [-0.2, -0.15) is 0 Å². The molecule has 1 heterocycles. The van der Waals surface area contributed by atoms with Gasteiger partial charge in [0.05, 0.1) is 19.9 Å². The van der Waals surface area contributed by atoms with Crippen molar-refractivity contribution in [1.29, 1.82) is 0 Å². The SMILES string of the molecule is COc1ccc(C(=O)C=Cc2ccc(OCc3ccccn3)cc2)cc1OC. The van der Waals surface area contributed by atoms with Gasteiger partial charge >= 0.3 is 0 Å². The van der Waals surface area contributed by atoms with E-state index in [0.29, 0.717) is 23.7 Å². The van der Waals surface area contributed by atoms with Gasteiger partial charge in [0.2, 0.25) is 0 Å². The number of ketones is 1. The third-order valence-corrected chi connectivity index (χ3v) is 4.09. The van der Waals surface area contributed by atoms with Gasteiger partial charge in [0, 0.05) is 11.8 Å². The molecule has 0 saturated heterocycles. The molecule has 0 saturated carbocycles. The molecule has 0 radical (unpaired) electrons. The summed E-state index contributed by atoms with van der Waals surface area (Å²) in [5.74, 6) is 1.74. The van der Waals surface area contributed by atoms with Crippen LogP contribution in [-0.4, -0.2) is 25.0 Å². The molecule has 1 aromatic heterocycles. The lowest BCUT2D eigenvalue weighted by atomic mass is 10.1. The maximum absolute atomic E-state index is 12.4. The van der Waals surface area contributed by atoms with E-state index in [-0.39, 0.29) is 5.78 Å². The third-order valence-electron chi connectivity index (χ3n) is 4.09. The standard InChI is InChI=1S/C23H21NO4/c1-26-22-13-9-18(15-23(22)27-2)21(25)12-8-17-6-10-20(11-7-17)28-16-19-5-3-4-14-24-19/h3-15H,16H2,1-2H3. The number of aromatic nitrogens is 1. The van der Waals surface area contributed by atoms with Gasteiger partial charge in [-0.15, -0.1) is 0 Å². The third kappa shape index (κ3) is 4.98. The monoisotopic (exact) mass is 375 g/mol. The zero-order valence-electron chi connectivity index (χ0n) is 15.8. The van der Waals surface area contributed by atoms with Gasteiger partial charge < -0.3 is 14.2 Å². The number of carbonyl (C=O) groups is 1. The first-order chi connectivity index (χ1) is 13.7. The zero-order valence-corrected chi connectivity index (χ0v) is 15.8.